The Kier molecular flexibility index (Phi) is 8.48. The van der Waals surface area contributed by atoms with Crippen LogP contribution >= 0.6 is 11.3 Å². The van der Waals surface area contributed by atoms with Crippen LogP contribution in [-0.2, 0) is 20.8 Å². The third-order valence-electron chi connectivity index (χ3n) is 4.90. The molecule has 2 aromatic carbocycles. The molecule has 0 saturated heterocycles. The number of esters is 2. The zero-order valence-corrected chi connectivity index (χ0v) is 20.9. The van der Waals surface area contributed by atoms with Crippen molar-refractivity contribution in [1.82, 2.24) is 4.57 Å². The lowest BCUT2D eigenvalue weighted by Gasteiger charge is -2.12. The second kappa shape index (κ2) is 11.5. The Morgan fingerprint density at radius 3 is 2.11 bits per heavy atom. The molecule has 1 amide bonds. The number of fused-ring (bicyclic) bond motifs is 1. The van der Waals surface area contributed by atoms with Crippen LogP contribution in [0.15, 0.2) is 35.3 Å². The number of methoxy groups -OCH3 is 3. The topological polar surface area (TPSA) is 115 Å². The molecule has 0 radical (unpaired) electrons. The van der Waals surface area contributed by atoms with Crippen molar-refractivity contribution in [3.8, 4) is 17.2 Å². The Morgan fingerprint density at radius 1 is 0.886 bits per heavy atom. The van der Waals surface area contributed by atoms with Crippen LogP contribution in [0.1, 0.15) is 34.6 Å². The molecule has 0 spiro atoms. The van der Waals surface area contributed by atoms with E-state index in [4.69, 9.17) is 23.7 Å². The fourth-order valence-electron chi connectivity index (χ4n) is 3.34. The van der Waals surface area contributed by atoms with Crippen LogP contribution in [0.25, 0.3) is 10.2 Å². The number of thiazole rings is 1. The van der Waals surface area contributed by atoms with Crippen molar-refractivity contribution >= 4 is 39.4 Å². The average molecular weight is 503 g/mol. The van der Waals surface area contributed by atoms with Gasteiger partial charge in [0, 0.05) is 5.56 Å². The number of benzene rings is 2. The van der Waals surface area contributed by atoms with Crippen LogP contribution in [0.3, 0.4) is 0 Å². The molecule has 0 N–H and O–H groups in total. The van der Waals surface area contributed by atoms with E-state index in [1.807, 2.05) is 0 Å². The smallest absolute Gasteiger partial charge is 0.338 e. The highest BCUT2D eigenvalue weighted by Gasteiger charge is 2.19. The van der Waals surface area contributed by atoms with Gasteiger partial charge < -0.3 is 28.3 Å². The lowest BCUT2D eigenvalue weighted by atomic mass is 10.1. The number of nitrogens with zero attached hydrogens (tertiary/aromatic N) is 2. The molecule has 0 unspecified atom stereocenters. The summed E-state index contributed by atoms with van der Waals surface area (Å²) >= 11 is 1.16. The van der Waals surface area contributed by atoms with Crippen molar-refractivity contribution in [3.63, 3.8) is 0 Å². The molecule has 0 aliphatic carbocycles. The molecule has 186 valence electrons. The monoisotopic (exact) mass is 502 g/mol. The van der Waals surface area contributed by atoms with Gasteiger partial charge in [0.15, 0.2) is 16.3 Å². The Balaban J connectivity index is 2.15. The zero-order chi connectivity index (χ0) is 25.5. The predicted molar refractivity (Wildman–Crippen MR) is 128 cm³/mol. The van der Waals surface area contributed by atoms with E-state index in [0.717, 1.165) is 11.3 Å². The average Bonchev–Trinajstić information content (AvgIpc) is 3.18. The van der Waals surface area contributed by atoms with Crippen LogP contribution in [0.2, 0.25) is 0 Å². The molecule has 0 aliphatic heterocycles. The van der Waals surface area contributed by atoms with E-state index < -0.39 is 17.8 Å². The van der Waals surface area contributed by atoms with Crippen molar-refractivity contribution in [2.75, 3.05) is 34.5 Å². The maximum atomic E-state index is 13.1. The molecular formula is C24H26N2O8S. The summed E-state index contributed by atoms with van der Waals surface area (Å²) in [4.78, 5) is 42.1. The van der Waals surface area contributed by atoms with Crippen molar-refractivity contribution < 1.29 is 38.1 Å². The number of rotatable bonds is 9. The first-order chi connectivity index (χ1) is 16.9. The Morgan fingerprint density at radius 2 is 1.54 bits per heavy atom. The van der Waals surface area contributed by atoms with E-state index in [1.54, 1.807) is 36.6 Å². The molecule has 1 heterocycles. The van der Waals surface area contributed by atoms with Gasteiger partial charge in [-0.3, -0.25) is 9.59 Å². The minimum atomic E-state index is -0.584. The second-order valence-electron chi connectivity index (χ2n) is 7.01. The van der Waals surface area contributed by atoms with Crippen LogP contribution < -0.4 is 19.0 Å². The highest BCUT2D eigenvalue weighted by Crippen LogP contribution is 2.38. The van der Waals surface area contributed by atoms with E-state index in [1.165, 1.54) is 33.5 Å². The number of aromatic nitrogens is 1. The van der Waals surface area contributed by atoms with Crippen molar-refractivity contribution in [2.24, 2.45) is 4.99 Å². The van der Waals surface area contributed by atoms with Gasteiger partial charge in [-0.25, -0.2) is 4.79 Å². The van der Waals surface area contributed by atoms with Gasteiger partial charge in [0.25, 0.3) is 5.91 Å². The van der Waals surface area contributed by atoms with Crippen LogP contribution in [0.5, 0.6) is 17.2 Å². The lowest BCUT2D eigenvalue weighted by Crippen LogP contribution is -2.23. The highest BCUT2D eigenvalue weighted by molar-refractivity contribution is 7.16. The van der Waals surface area contributed by atoms with E-state index in [-0.39, 0.29) is 30.1 Å². The first kappa shape index (κ1) is 25.8. The summed E-state index contributed by atoms with van der Waals surface area (Å²) in [5, 5.41) is 0. The molecule has 3 rings (SSSR count). The van der Waals surface area contributed by atoms with Gasteiger partial charge in [-0.15, -0.1) is 0 Å². The number of hydrogen-bond acceptors (Lipinski definition) is 9. The summed E-state index contributed by atoms with van der Waals surface area (Å²) < 4.78 is 28.3. The van der Waals surface area contributed by atoms with Crippen LogP contribution in [0.4, 0.5) is 0 Å². The number of ether oxygens (including phenoxy) is 5. The maximum absolute atomic E-state index is 13.1. The fourth-order valence-corrected chi connectivity index (χ4v) is 4.41. The second-order valence-corrected chi connectivity index (χ2v) is 8.02. The van der Waals surface area contributed by atoms with Gasteiger partial charge in [0.1, 0.15) is 6.54 Å². The Bertz CT molecular complexity index is 1300. The molecule has 11 heteroatoms. The Hall–Kier alpha value is -3.86. The van der Waals surface area contributed by atoms with E-state index >= 15 is 0 Å². The van der Waals surface area contributed by atoms with Crippen molar-refractivity contribution in [2.45, 2.75) is 20.4 Å². The molecule has 3 aromatic rings. The first-order valence-electron chi connectivity index (χ1n) is 10.7. The summed E-state index contributed by atoms with van der Waals surface area (Å²) in [6, 6.07) is 7.91. The Labute approximate surface area is 205 Å². The summed E-state index contributed by atoms with van der Waals surface area (Å²) in [5.41, 5.74) is 1.17. The van der Waals surface area contributed by atoms with Gasteiger partial charge in [0.2, 0.25) is 5.75 Å². The summed E-state index contributed by atoms with van der Waals surface area (Å²) in [7, 11) is 4.36. The number of carbonyl (C=O) groups excluding carboxylic acids is 3. The minimum absolute atomic E-state index is 0.159. The van der Waals surface area contributed by atoms with Gasteiger partial charge in [-0.05, 0) is 44.2 Å². The van der Waals surface area contributed by atoms with Gasteiger partial charge in [0.05, 0.1) is 50.3 Å². The largest absolute Gasteiger partial charge is 0.493 e. The molecule has 0 atom stereocenters. The SMILES string of the molecule is CCOC(=O)Cn1c(=NC(=O)c2cc(OC)c(OC)c(OC)c2)sc2cc(C(=O)OCC)ccc21. The summed E-state index contributed by atoms with van der Waals surface area (Å²) in [5.74, 6) is -0.577. The molecular weight excluding hydrogens is 476 g/mol. The predicted octanol–water partition coefficient (Wildman–Crippen LogP) is 3.21. The standard InChI is InChI=1S/C24H26N2O8S/c1-6-33-20(27)13-26-16-9-8-14(23(29)34-7-2)12-19(16)35-24(26)25-22(28)15-10-17(30-3)21(32-5)18(11-15)31-4/h8-12H,6-7,13H2,1-5H3. The number of amides is 1. The van der Waals surface area contributed by atoms with Gasteiger partial charge in [-0.1, -0.05) is 11.3 Å². The molecule has 10 nitrogen and oxygen atoms in total. The maximum Gasteiger partial charge on any atom is 0.338 e. The molecule has 0 fully saturated rings. The van der Waals surface area contributed by atoms with E-state index in [0.29, 0.717) is 33.0 Å². The van der Waals surface area contributed by atoms with E-state index in [9.17, 15) is 14.4 Å². The molecule has 0 saturated carbocycles. The molecule has 35 heavy (non-hydrogen) atoms. The lowest BCUT2D eigenvalue weighted by molar-refractivity contribution is -0.143. The quantitative estimate of drug-likeness (QED) is 0.410. The van der Waals surface area contributed by atoms with Crippen molar-refractivity contribution in [1.29, 1.82) is 0 Å². The van der Waals surface area contributed by atoms with Gasteiger partial charge in [-0.2, -0.15) is 4.99 Å². The molecule has 1 aromatic heterocycles. The van der Waals surface area contributed by atoms with E-state index in [2.05, 4.69) is 4.99 Å². The molecule has 0 bridgehead atoms. The minimum Gasteiger partial charge on any atom is -0.493 e. The number of carbonyl (C=O) groups is 3. The molecule has 0 aliphatic rings. The van der Waals surface area contributed by atoms with Crippen LogP contribution in [0, 0.1) is 0 Å². The van der Waals surface area contributed by atoms with Crippen LogP contribution in [-0.4, -0.2) is 57.0 Å². The first-order valence-corrected chi connectivity index (χ1v) is 11.5. The van der Waals surface area contributed by atoms with Gasteiger partial charge >= 0.3 is 11.9 Å². The zero-order valence-electron chi connectivity index (χ0n) is 20.1. The third-order valence-corrected chi connectivity index (χ3v) is 5.94. The normalized spacial score (nSPS) is 11.3. The van der Waals surface area contributed by atoms with Crippen molar-refractivity contribution in [3.05, 3.63) is 46.3 Å². The highest BCUT2D eigenvalue weighted by atomic mass is 32.1. The fraction of sp³-hybridized carbons (Fsp3) is 0.333. The number of hydrogen-bond donors (Lipinski definition) is 0. The summed E-state index contributed by atoms with van der Waals surface area (Å²) in [6.45, 7) is 3.73. The summed E-state index contributed by atoms with van der Waals surface area (Å²) in [6.07, 6.45) is 0. The third kappa shape index (κ3) is 5.62.